The van der Waals surface area contributed by atoms with Crippen molar-refractivity contribution in [3.63, 3.8) is 0 Å². The lowest BCUT2D eigenvalue weighted by atomic mass is 10.0. The molecule has 108 valence electrons. The molecule has 1 aliphatic heterocycles. The highest BCUT2D eigenvalue weighted by molar-refractivity contribution is 7.80. The summed E-state index contributed by atoms with van der Waals surface area (Å²) in [6.45, 7) is 1.09. The predicted octanol–water partition coefficient (Wildman–Crippen LogP) is 2.75. The van der Waals surface area contributed by atoms with E-state index in [1.54, 1.807) is 11.0 Å². The van der Waals surface area contributed by atoms with Gasteiger partial charge in [0.15, 0.2) is 0 Å². The topological polar surface area (TPSA) is 46.3 Å². The Labute approximate surface area is 123 Å². The van der Waals surface area contributed by atoms with Crippen molar-refractivity contribution in [2.24, 2.45) is 5.73 Å². The van der Waals surface area contributed by atoms with E-state index in [-0.39, 0.29) is 16.7 Å². The summed E-state index contributed by atoms with van der Waals surface area (Å²) in [5.74, 6) is -0.206. The molecule has 0 saturated carbocycles. The van der Waals surface area contributed by atoms with Gasteiger partial charge in [-0.2, -0.15) is 0 Å². The third-order valence-corrected chi connectivity index (χ3v) is 3.84. The van der Waals surface area contributed by atoms with Gasteiger partial charge in [-0.3, -0.25) is 4.79 Å². The summed E-state index contributed by atoms with van der Waals surface area (Å²) in [6, 6.07) is 4.34. The standard InChI is InChI=1S/C15H19FN2OS/c16-12-6-7-13(15(17)20)11(9-12)10-18-8-4-2-1-3-5-14(18)19/h6-7,9H,1-5,8,10H2,(H2,17,20). The zero-order valence-electron chi connectivity index (χ0n) is 11.4. The van der Waals surface area contributed by atoms with E-state index in [9.17, 15) is 9.18 Å². The van der Waals surface area contributed by atoms with E-state index in [0.717, 1.165) is 25.7 Å². The molecule has 20 heavy (non-hydrogen) atoms. The maximum Gasteiger partial charge on any atom is 0.222 e. The van der Waals surface area contributed by atoms with Crippen molar-refractivity contribution in [3.05, 3.63) is 35.1 Å². The molecule has 1 saturated heterocycles. The monoisotopic (exact) mass is 294 g/mol. The van der Waals surface area contributed by atoms with E-state index in [1.165, 1.54) is 12.1 Å². The van der Waals surface area contributed by atoms with Gasteiger partial charge in [-0.25, -0.2) is 4.39 Å². The zero-order valence-corrected chi connectivity index (χ0v) is 12.2. The molecular weight excluding hydrogens is 275 g/mol. The summed E-state index contributed by atoms with van der Waals surface area (Å²) in [7, 11) is 0. The molecule has 1 heterocycles. The first-order valence-corrected chi connectivity index (χ1v) is 7.35. The highest BCUT2D eigenvalue weighted by Gasteiger charge is 2.18. The second kappa shape index (κ2) is 6.79. The number of hydrogen-bond donors (Lipinski definition) is 1. The van der Waals surface area contributed by atoms with Gasteiger partial charge in [-0.15, -0.1) is 0 Å². The normalized spacial score (nSPS) is 16.6. The van der Waals surface area contributed by atoms with Gasteiger partial charge < -0.3 is 10.6 Å². The summed E-state index contributed by atoms with van der Waals surface area (Å²) < 4.78 is 13.4. The quantitative estimate of drug-likeness (QED) is 0.872. The van der Waals surface area contributed by atoms with Crippen LogP contribution in [0.25, 0.3) is 0 Å². The highest BCUT2D eigenvalue weighted by Crippen LogP contribution is 2.18. The second-order valence-corrected chi connectivity index (χ2v) is 5.59. The molecule has 0 bridgehead atoms. The summed E-state index contributed by atoms with van der Waals surface area (Å²) >= 11 is 4.99. The number of hydrogen-bond acceptors (Lipinski definition) is 2. The number of amides is 1. The maximum atomic E-state index is 13.4. The van der Waals surface area contributed by atoms with Crippen LogP contribution in [0.2, 0.25) is 0 Å². The Balaban J connectivity index is 2.20. The number of benzene rings is 1. The number of rotatable bonds is 3. The Hall–Kier alpha value is -1.49. The van der Waals surface area contributed by atoms with E-state index in [4.69, 9.17) is 18.0 Å². The second-order valence-electron chi connectivity index (χ2n) is 5.15. The largest absolute Gasteiger partial charge is 0.389 e. The molecule has 2 N–H and O–H groups in total. The fourth-order valence-corrected chi connectivity index (χ4v) is 2.72. The van der Waals surface area contributed by atoms with Crippen LogP contribution in [0.1, 0.15) is 43.2 Å². The average Bonchev–Trinajstić information content (AvgIpc) is 2.38. The number of nitrogens with two attached hydrogens (primary N) is 1. The Kier molecular flexibility index (Phi) is 5.06. The van der Waals surface area contributed by atoms with E-state index in [0.29, 0.717) is 30.6 Å². The molecule has 0 radical (unpaired) electrons. The van der Waals surface area contributed by atoms with Crippen molar-refractivity contribution in [1.82, 2.24) is 4.90 Å². The number of halogens is 1. The predicted molar refractivity (Wildman–Crippen MR) is 80.8 cm³/mol. The molecule has 0 aliphatic carbocycles. The molecule has 0 spiro atoms. The van der Waals surface area contributed by atoms with Gasteiger partial charge >= 0.3 is 0 Å². The SMILES string of the molecule is NC(=S)c1ccc(F)cc1CN1CCCCCCC1=O. The van der Waals surface area contributed by atoms with Gasteiger partial charge in [0.1, 0.15) is 10.8 Å². The molecule has 1 fully saturated rings. The average molecular weight is 294 g/mol. The van der Waals surface area contributed by atoms with Crippen LogP contribution in [0.4, 0.5) is 4.39 Å². The Bertz CT molecular complexity index is 519. The fraction of sp³-hybridized carbons (Fsp3) is 0.467. The van der Waals surface area contributed by atoms with Crippen LogP contribution < -0.4 is 5.73 Å². The molecule has 2 rings (SSSR count). The van der Waals surface area contributed by atoms with E-state index in [1.807, 2.05) is 0 Å². The number of carbonyl (C=O) groups excluding carboxylic acids is 1. The number of likely N-dealkylation sites (tertiary alicyclic amines) is 1. The third kappa shape index (κ3) is 3.76. The van der Waals surface area contributed by atoms with E-state index < -0.39 is 0 Å². The molecule has 0 unspecified atom stereocenters. The Morgan fingerprint density at radius 2 is 2.05 bits per heavy atom. The fourth-order valence-electron chi connectivity index (χ4n) is 2.52. The van der Waals surface area contributed by atoms with Crippen molar-refractivity contribution < 1.29 is 9.18 Å². The molecule has 0 atom stereocenters. The van der Waals surface area contributed by atoms with Gasteiger partial charge in [0.05, 0.1) is 0 Å². The van der Waals surface area contributed by atoms with Crippen molar-refractivity contribution in [2.45, 2.75) is 38.6 Å². The van der Waals surface area contributed by atoms with Gasteiger partial charge in [-0.05, 0) is 36.6 Å². The number of carbonyl (C=O) groups is 1. The van der Waals surface area contributed by atoms with E-state index >= 15 is 0 Å². The van der Waals surface area contributed by atoms with Crippen molar-refractivity contribution >= 4 is 23.1 Å². The van der Waals surface area contributed by atoms with Crippen molar-refractivity contribution in [1.29, 1.82) is 0 Å². The first-order valence-electron chi connectivity index (χ1n) is 6.94. The van der Waals surface area contributed by atoms with Gasteiger partial charge in [0, 0.05) is 25.1 Å². The highest BCUT2D eigenvalue weighted by atomic mass is 32.1. The summed E-state index contributed by atoms with van der Waals surface area (Å²) in [5, 5.41) is 0. The van der Waals surface area contributed by atoms with Gasteiger partial charge in [-0.1, -0.05) is 25.1 Å². The molecule has 1 amide bonds. The van der Waals surface area contributed by atoms with E-state index in [2.05, 4.69) is 0 Å². The van der Waals surface area contributed by atoms with Crippen LogP contribution >= 0.6 is 12.2 Å². The summed E-state index contributed by atoms with van der Waals surface area (Å²) in [6.07, 6.45) is 4.73. The minimum absolute atomic E-state index is 0.128. The molecular formula is C15H19FN2OS. The molecule has 1 aromatic carbocycles. The first-order chi connectivity index (χ1) is 9.58. The lowest BCUT2D eigenvalue weighted by Crippen LogP contribution is -2.33. The minimum atomic E-state index is -0.334. The van der Waals surface area contributed by atoms with Crippen molar-refractivity contribution in [2.75, 3.05) is 6.54 Å². The molecule has 1 aliphatic rings. The molecule has 5 heteroatoms. The Morgan fingerprint density at radius 1 is 1.30 bits per heavy atom. The van der Waals surface area contributed by atoms with Crippen molar-refractivity contribution in [3.8, 4) is 0 Å². The Morgan fingerprint density at radius 3 is 2.80 bits per heavy atom. The summed E-state index contributed by atoms with van der Waals surface area (Å²) in [5.41, 5.74) is 7.00. The van der Waals surface area contributed by atoms with Crippen LogP contribution in [0.15, 0.2) is 18.2 Å². The van der Waals surface area contributed by atoms with Crippen LogP contribution in [0.5, 0.6) is 0 Å². The zero-order chi connectivity index (χ0) is 14.5. The van der Waals surface area contributed by atoms with Crippen LogP contribution in [0, 0.1) is 5.82 Å². The van der Waals surface area contributed by atoms with Gasteiger partial charge in [0.2, 0.25) is 5.91 Å². The first kappa shape index (κ1) is 14.9. The van der Waals surface area contributed by atoms with Crippen LogP contribution in [-0.4, -0.2) is 22.3 Å². The molecule has 0 aromatic heterocycles. The maximum absolute atomic E-state index is 13.4. The summed E-state index contributed by atoms with van der Waals surface area (Å²) in [4.78, 5) is 14.1. The minimum Gasteiger partial charge on any atom is -0.389 e. The number of thiocarbonyl (C=S) groups is 1. The number of nitrogens with zero attached hydrogens (tertiary/aromatic N) is 1. The smallest absolute Gasteiger partial charge is 0.222 e. The third-order valence-electron chi connectivity index (χ3n) is 3.62. The lowest BCUT2D eigenvalue weighted by molar-refractivity contribution is -0.132. The van der Waals surface area contributed by atoms with Crippen LogP contribution in [0.3, 0.4) is 0 Å². The molecule has 3 nitrogen and oxygen atoms in total. The van der Waals surface area contributed by atoms with Crippen LogP contribution in [-0.2, 0) is 11.3 Å². The lowest BCUT2D eigenvalue weighted by Gasteiger charge is -2.25. The molecule has 1 aromatic rings. The van der Waals surface area contributed by atoms with Gasteiger partial charge in [0.25, 0.3) is 0 Å².